The smallest absolute Gasteiger partial charge is 0.238 e. The molecule has 0 spiro atoms. The van der Waals surface area contributed by atoms with Crippen molar-refractivity contribution in [3.05, 3.63) is 42.5 Å². The molecule has 0 saturated carbocycles. The van der Waals surface area contributed by atoms with E-state index in [9.17, 15) is 4.79 Å². The summed E-state index contributed by atoms with van der Waals surface area (Å²) in [4.78, 5) is 13.0. The minimum absolute atomic E-state index is 0.184. The van der Waals surface area contributed by atoms with E-state index in [1.165, 1.54) is 4.80 Å². The van der Waals surface area contributed by atoms with E-state index in [0.29, 0.717) is 23.3 Å². The fourth-order valence-electron chi connectivity index (χ4n) is 2.23. The molecular formula is C17H15N5O2. The molecule has 1 N–H and O–H groups in total. The summed E-state index contributed by atoms with van der Waals surface area (Å²) in [6.45, 7) is 2.55. The van der Waals surface area contributed by atoms with Crippen LogP contribution in [-0.2, 0) is 4.79 Å². The Bertz CT molecular complexity index is 909. The van der Waals surface area contributed by atoms with Crippen LogP contribution >= 0.6 is 0 Å². The van der Waals surface area contributed by atoms with Gasteiger partial charge in [-0.2, -0.15) is 10.1 Å². The van der Waals surface area contributed by atoms with Gasteiger partial charge in [0, 0.05) is 5.69 Å². The zero-order valence-corrected chi connectivity index (χ0v) is 13.1. The number of benzene rings is 2. The molecule has 0 radical (unpaired) electrons. The first-order valence-corrected chi connectivity index (χ1v) is 7.46. The van der Waals surface area contributed by atoms with Crippen molar-refractivity contribution >= 4 is 22.6 Å². The number of nitrogens with one attached hydrogen (secondary N) is 1. The van der Waals surface area contributed by atoms with Crippen molar-refractivity contribution in [3.63, 3.8) is 0 Å². The molecule has 0 aliphatic rings. The van der Waals surface area contributed by atoms with Crippen molar-refractivity contribution in [1.82, 2.24) is 15.0 Å². The van der Waals surface area contributed by atoms with Gasteiger partial charge < -0.3 is 10.1 Å². The zero-order chi connectivity index (χ0) is 16.9. The van der Waals surface area contributed by atoms with Crippen molar-refractivity contribution in [2.24, 2.45) is 0 Å². The summed E-state index contributed by atoms with van der Waals surface area (Å²) in [6, 6.07) is 14.5. The summed E-state index contributed by atoms with van der Waals surface area (Å²) in [5.41, 5.74) is 2.76. The number of carbonyl (C=O) groups is 1. The maximum absolute atomic E-state index is 11.5. The van der Waals surface area contributed by atoms with Crippen molar-refractivity contribution in [2.45, 2.75) is 13.3 Å². The van der Waals surface area contributed by atoms with Crippen LogP contribution in [0.1, 0.15) is 13.3 Å². The molecule has 1 heterocycles. The molecule has 0 fully saturated rings. The summed E-state index contributed by atoms with van der Waals surface area (Å²) in [5.74, 6) is 0.441. The van der Waals surface area contributed by atoms with Gasteiger partial charge in [0.05, 0.1) is 18.4 Å². The highest BCUT2D eigenvalue weighted by Gasteiger charge is 2.07. The molecule has 0 saturated heterocycles. The number of nitriles is 1. The van der Waals surface area contributed by atoms with Crippen LogP contribution in [0, 0.1) is 11.3 Å². The molecule has 3 aromatic rings. The van der Waals surface area contributed by atoms with E-state index in [2.05, 4.69) is 15.5 Å². The molecule has 0 atom stereocenters. The van der Waals surface area contributed by atoms with Gasteiger partial charge in [0.1, 0.15) is 23.2 Å². The van der Waals surface area contributed by atoms with Crippen molar-refractivity contribution in [3.8, 4) is 17.5 Å². The molecule has 0 bridgehead atoms. The van der Waals surface area contributed by atoms with Gasteiger partial charge >= 0.3 is 0 Å². The SMILES string of the molecule is CCOc1ccc(-n2nc3ccc(NC(=O)CC#N)cc3n2)cc1. The van der Waals surface area contributed by atoms with Crippen molar-refractivity contribution < 1.29 is 9.53 Å². The molecule has 120 valence electrons. The Morgan fingerprint density at radius 1 is 1.21 bits per heavy atom. The fraction of sp³-hybridized carbons (Fsp3) is 0.176. The lowest BCUT2D eigenvalue weighted by molar-refractivity contribution is -0.115. The fourth-order valence-corrected chi connectivity index (χ4v) is 2.23. The monoisotopic (exact) mass is 321 g/mol. The first kappa shape index (κ1) is 15.5. The molecule has 3 rings (SSSR count). The molecule has 24 heavy (non-hydrogen) atoms. The summed E-state index contributed by atoms with van der Waals surface area (Å²) < 4.78 is 5.42. The Morgan fingerprint density at radius 2 is 1.96 bits per heavy atom. The van der Waals surface area contributed by atoms with Crippen LogP contribution in [-0.4, -0.2) is 27.5 Å². The van der Waals surface area contributed by atoms with E-state index in [1.807, 2.05) is 37.3 Å². The number of ether oxygens (including phenoxy) is 1. The third-order valence-corrected chi connectivity index (χ3v) is 3.28. The minimum atomic E-state index is -0.351. The highest BCUT2D eigenvalue weighted by molar-refractivity contribution is 5.93. The highest BCUT2D eigenvalue weighted by atomic mass is 16.5. The average Bonchev–Trinajstić information content (AvgIpc) is 2.99. The van der Waals surface area contributed by atoms with Gasteiger partial charge in [-0.25, -0.2) is 0 Å². The normalized spacial score (nSPS) is 10.3. The topological polar surface area (TPSA) is 92.8 Å². The second-order valence-electron chi connectivity index (χ2n) is 5.00. The lowest BCUT2D eigenvalue weighted by Crippen LogP contribution is -2.09. The van der Waals surface area contributed by atoms with Gasteiger partial charge in [-0.3, -0.25) is 4.79 Å². The van der Waals surface area contributed by atoms with Crippen LogP contribution in [0.25, 0.3) is 16.7 Å². The zero-order valence-electron chi connectivity index (χ0n) is 13.1. The van der Waals surface area contributed by atoms with Crippen LogP contribution in [0.3, 0.4) is 0 Å². The van der Waals surface area contributed by atoms with Crippen LogP contribution < -0.4 is 10.1 Å². The number of aromatic nitrogens is 3. The largest absolute Gasteiger partial charge is 0.494 e. The number of carbonyl (C=O) groups excluding carboxylic acids is 1. The third kappa shape index (κ3) is 3.33. The Morgan fingerprint density at radius 3 is 2.67 bits per heavy atom. The predicted molar refractivity (Wildman–Crippen MR) is 88.9 cm³/mol. The van der Waals surface area contributed by atoms with Crippen LogP contribution in [0.15, 0.2) is 42.5 Å². The molecule has 1 aromatic heterocycles. The second-order valence-corrected chi connectivity index (χ2v) is 5.00. The molecule has 0 unspecified atom stereocenters. The number of hydrogen-bond donors (Lipinski definition) is 1. The van der Waals surface area contributed by atoms with E-state index in [-0.39, 0.29) is 12.3 Å². The Kier molecular flexibility index (Phi) is 4.38. The first-order chi connectivity index (χ1) is 11.7. The van der Waals surface area contributed by atoms with Gasteiger partial charge in [0.2, 0.25) is 5.91 Å². The maximum atomic E-state index is 11.5. The van der Waals surface area contributed by atoms with E-state index in [0.717, 1.165) is 11.4 Å². The third-order valence-electron chi connectivity index (χ3n) is 3.28. The maximum Gasteiger partial charge on any atom is 0.238 e. The second kappa shape index (κ2) is 6.79. The van der Waals surface area contributed by atoms with Crippen LogP contribution in [0.2, 0.25) is 0 Å². The molecule has 0 aliphatic heterocycles. The lowest BCUT2D eigenvalue weighted by Gasteiger charge is -2.03. The van der Waals surface area contributed by atoms with Crippen LogP contribution in [0.4, 0.5) is 5.69 Å². The van der Waals surface area contributed by atoms with Gasteiger partial charge in [-0.15, -0.1) is 10.2 Å². The van der Waals surface area contributed by atoms with E-state index in [4.69, 9.17) is 10.00 Å². The summed E-state index contributed by atoms with van der Waals surface area (Å²) in [5, 5.41) is 20.0. The van der Waals surface area contributed by atoms with Crippen LogP contribution in [0.5, 0.6) is 5.75 Å². The first-order valence-electron chi connectivity index (χ1n) is 7.46. The quantitative estimate of drug-likeness (QED) is 0.780. The molecular weight excluding hydrogens is 306 g/mol. The summed E-state index contributed by atoms with van der Waals surface area (Å²) >= 11 is 0. The molecule has 0 aliphatic carbocycles. The van der Waals surface area contributed by atoms with Gasteiger partial charge in [-0.05, 0) is 49.4 Å². The number of anilines is 1. The Balaban J connectivity index is 1.85. The number of nitrogens with zero attached hydrogens (tertiary/aromatic N) is 4. The number of rotatable bonds is 5. The summed E-state index contributed by atoms with van der Waals surface area (Å²) in [6.07, 6.45) is -0.184. The Hall–Kier alpha value is -3.40. The molecule has 7 heteroatoms. The standard InChI is InChI=1S/C17H15N5O2/c1-2-24-14-6-4-13(5-7-14)22-20-15-8-3-12(11-16(15)21-22)19-17(23)9-10-18/h3-8,11H,2,9H2,1H3,(H,19,23). The van der Waals surface area contributed by atoms with Gasteiger partial charge in [-0.1, -0.05) is 0 Å². The summed E-state index contributed by atoms with van der Waals surface area (Å²) in [7, 11) is 0. The lowest BCUT2D eigenvalue weighted by atomic mass is 10.2. The number of amides is 1. The highest BCUT2D eigenvalue weighted by Crippen LogP contribution is 2.19. The molecule has 2 aromatic carbocycles. The van der Waals surface area contributed by atoms with Crippen molar-refractivity contribution in [1.29, 1.82) is 5.26 Å². The van der Waals surface area contributed by atoms with Gasteiger partial charge in [0.15, 0.2) is 0 Å². The predicted octanol–water partition coefficient (Wildman–Crippen LogP) is 2.67. The van der Waals surface area contributed by atoms with E-state index < -0.39 is 0 Å². The van der Waals surface area contributed by atoms with E-state index in [1.54, 1.807) is 18.2 Å². The number of fused-ring (bicyclic) bond motifs is 1. The van der Waals surface area contributed by atoms with E-state index >= 15 is 0 Å². The molecule has 7 nitrogen and oxygen atoms in total. The average molecular weight is 321 g/mol. The molecule has 1 amide bonds. The van der Waals surface area contributed by atoms with Gasteiger partial charge in [0.25, 0.3) is 0 Å². The Labute approximate surface area is 138 Å². The minimum Gasteiger partial charge on any atom is -0.494 e. The number of hydrogen-bond acceptors (Lipinski definition) is 5. The van der Waals surface area contributed by atoms with Crippen molar-refractivity contribution in [2.75, 3.05) is 11.9 Å².